The standard InChI is InChI=1S/C24H24N6O/c1-5-25-21-16(3)22(27-14-26-21)28-17(4)23-29-19-13-9-10-15(2)20(19)24(31)30(23)18-11-7-6-8-12-18/h5-14,17H,1H2,2-4H3,(H2,25,26,27,28). The molecule has 2 heterocycles. The predicted molar refractivity (Wildman–Crippen MR) is 125 cm³/mol. The summed E-state index contributed by atoms with van der Waals surface area (Å²) in [5.74, 6) is 1.93. The van der Waals surface area contributed by atoms with Gasteiger partial charge in [0.05, 0.1) is 22.6 Å². The minimum absolute atomic E-state index is 0.0913. The molecule has 0 aliphatic carbocycles. The van der Waals surface area contributed by atoms with Gasteiger partial charge in [0.25, 0.3) is 5.56 Å². The van der Waals surface area contributed by atoms with Crippen LogP contribution in [0.1, 0.15) is 29.9 Å². The monoisotopic (exact) mass is 412 g/mol. The van der Waals surface area contributed by atoms with Crippen LogP contribution in [0.5, 0.6) is 0 Å². The van der Waals surface area contributed by atoms with Crippen molar-refractivity contribution in [1.29, 1.82) is 0 Å². The van der Waals surface area contributed by atoms with Gasteiger partial charge in [-0.3, -0.25) is 9.36 Å². The van der Waals surface area contributed by atoms with E-state index in [9.17, 15) is 4.79 Å². The van der Waals surface area contributed by atoms with Crippen molar-refractivity contribution in [3.05, 3.63) is 94.9 Å². The molecule has 7 nitrogen and oxygen atoms in total. The van der Waals surface area contributed by atoms with E-state index in [2.05, 4.69) is 27.2 Å². The number of hydrogen-bond acceptors (Lipinski definition) is 6. The smallest absolute Gasteiger partial charge is 0.266 e. The lowest BCUT2D eigenvalue weighted by atomic mass is 10.1. The van der Waals surface area contributed by atoms with Gasteiger partial charge >= 0.3 is 0 Å². The molecule has 0 aliphatic rings. The van der Waals surface area contributed by atoms with E-state index in [-0.39, 0.29) is 11.6 Å². The molecule has 1 atom stereocenters. The van der Waals surface area contributed by atoms with Gasteiger partial charge in [0.1, 0.15) is 23.8 Å². The van der Waals surface area contributed by atoms with Crippen molar-refractivity contribution in [3.8, 4) is 5.69 Å². The van der Waals surface area contributed by atoms with Crippen LogP contribution >= 0.6 is 0 Å². The number of aromatic nitrogens is 4. The van der Waals surface area contributed by atoms with Gasteiger partial charge in [-0.15, -0.1) is 0 Å². The number of benzene rings is 2. The SMILES string of the molecule is C=CNc1ncnc(NC(C)c2nc3cccc(C)c3c(=O)n2-c2ccccc2)c1C. The number of nitrogens with zero attached hydrogens (tertiary/aromatic N) is 4. The number of aryl methyl sites for hydroxylation is 1. The Balaban J connectivity index is 1.88. The number of fused-ring (bicyclic) bond motifs is 1. The minimum atomic E-state index is -0.303. The van der Waals surface area contributed by atoms with Crippen LogP contribution in [0.4, 0.5) is 11.6 Å². The third-order valence-electron chi connectivity index (χ3n) is 5.21. The predicted octanol–water partition coefficient (Wildman–Crippen LogP) is 4.52. The lowest BCUT2D eigenvalue weighted by Crippen LogP contribution is -2.28. The summed E-state index contributed by atoms with van der Waals surface area (Å²) in [5.41, 5.74) is 3.10. The second kappa shape index (κ2) is 8.39. The molecule has 2 aromatic carbocycles. The topological polar surface area (TPSA) is 84.7 Å². The van der Waals surface area contributed by atoms with E-state index < -0.39 is 0 Å². The highest BCUT2D eigenvalue weighted by Crippen LogP contribution is 2.25. The number of rotatable bonds is 6. The maximum absolute atomic E-state index is 13.6. The Morgan fingerprint density at radius 3 is 2.52 bits per heavy atom. The van der Waals surface area contributed by atoms with E-state index in [1.165, 1.54) is 6.33 Å². The van der Waals surface area contributed by atoms with Crippen molar-refractivity contribution in [2.45, 2.75) is 26.8 Å². The highest BCUT2D eigenvalue weighted by Gasteiger charge is 2.20. The highest BCUT2D eigenvalue weighted by atomic mass is 16.1. The molecule has 0 fully saturated rings. The van der Waals surface area contributed by atoms with E-state index >= 15 is 0 Å². The third-order valence-corrected chi connectivity index (χ3v) is 5.21. The molecule has 0 spiro atoms. The van der Waals surface area contributed by atoms with Gasteiger partial charge in [0, 0.05) is 5.56 Å². The molecule has 2 aromatic heterocycles. The summed E-state index contributed by atoms with van der Waals surface area (Å²) in [4.78, 5) is 27.1. The highest BCUT2D eigenvalue weighted by molar-refractivity contribution is 5.81. The molecule has 156 valence electrons. The van der Waals surface area contributed by atoms with E-state index in [0.29, 0.717) is 28.4 Å². The van der Waals surface area contributed by atoms with Crippen LogP contribution in [-0.4, -0.2) is 19.5 Å². The molecule has 0 saturated carbocycles. The summed E-state index contributed by atoms with van der Waals surface area (Å²) in [6.07, 6.45) is 3.05. The second-order valence-electron chi connectivity index (χ2n) is 7.33. The lowest BCUT2D eigenvalue weighted by Gasteiger charge is -2.21. The zero-order valence-corrected chi connectivity index (χ0v) is 17.8. The molecular weight excluding hydrogens is 388 g/mol. The first-order chi connectivity index (χ1) is 15.0. The van der Waals surface area contributed by atoms with Gasteiger partial charge in [0.15, 0.2) is 0 Å². The average molecular weight is 412 g/mol. The summed E-state index contributed by atoms with van der Waals surface area (Å²) >= 11 is 0. The number of nitrogens with one attached hydrogen (secondary N) is 2. The van der Waals surface area contributed by atoms with E-state index in [1.807, 2.05) is 69.3 Å². The third kappa shape index (κ3) is 3.77. The van der Waals surface area contributed by atoms with Gasteiger partial charge < -0.3 is 10.6 Å². The number of para-hydroxylation sites is 1. The fourth-order valence-corrected chi connectivity index (χ4v) is 3.64. The van der Waals surface area contributed by atoms with Crippen LogP contribution < -0.4 is 16.2 Å². The number of anilines is 2. The van der Waals surface area contributed by atoms with Gasteiger partial charge in [0.2, 0.25) is 0 Å². The molecule has 4 rings (SSSR count). The van der Waals surface area contributed by atoms with Crippen LogP contribution in [0.25, 0.3) is 16.6 Å². The Morgan fingerprint density at radius 1 is 1.03 bits per heavy atom. The molecule has 7 heteroatoms. The summed E-state index contributed by atoms with van der Waals surface area (Å²) in [7, 11) is 0. The van der Waals surface area contributed by atoms with Crippen LogP contribution in [0.3, 0.4) is 0 Å². The Morgan fingerprint density at radius 2 is 1.77 bits per heavy atom. The molecule has 0 saturated heterocycles. The summed E-state index contributed by atoms with van der Waals surface area (Å²) in [6.45, 7) is 9.50. The fraction of sp³-hybridized carbons (Fsp3) is 0.167. The van der Waals surface area contributed by atoms with Gasteiger partial charge in [-0.25, -0.2) is 15.0 Å². The molecule has 2 N–H and O–H groups in total. The minimum Gasteiger partial charge on any atom is -0.360 e. The number of hydrogen-bond donors (Lipinski definition) is 2. The Kier molecular flexibility index (Phi) is 5.49. The molecule has 0 bridgehead atoms. The molecule has 0 amide bonds. The van der Waals surface area contributed by atoms with Crippen molar-refractivity contribution in [1.82, 2.24) is 19.5 Å². The second-order valence-corrected chi connectivity index (χ2v) is 7.33. The molecule has 31 heavy (non-hydrogen) atoms. The lowest BCUT2D eigenvalue weighted by molar-refractivity contribution is 0.729. The maximum Gasteiger partial charge on any atom is 0.266 e. The molecular formula is C24H24N6O. The van der Waals surface area contributed by atoms with Crippen molar-refractivity contribution in [2.24, 2.45) is 0 Å². The quantitative estimate of drug-likeness (QED) is 0.484. The Labute approximate surface area is 180 Å². The average Bonchev–Trinajstić information content (AvgIpc) is 2.77. The van der Waals surface area contributed by atoms with Crippen molar-refractivity contribution in [3.63, 3.8) is 0 Å². The Bertz CT molecular complexity index is 1310. The van der Waals surface area contributed by atoms with Crippen LogP contribution in [-0.2, 0) is 0 Å². The van der Waals surface area contributed by atoms with Gasteiger partial charge in [-0.05, 0) is 50.7 Å². The summed E-state index contributed by atoms with van der Waals surface area (Å²) < 4.78 is 1.67. The summed E-state index contributed by atoms with van der Waals surface area (Å²) in [6, 6.07) is 15.0. The van der Waals surface area contributed by atoms with Crippen molar-refractivity contribution in [2.75, 3.05) is 10.6 Å². The molecule has 0 aliphatic heterocycles. The summed E-state index contributed by atoms with van der Waals surface area (Å²) in [5, 5.41) is 7.03. The normalized spacial score (nSPS) is 11.8. The van der Waals surface area contributed by atoms with Crippen molar-refractivity contribution < 1.29 is 0 Å². The first-order valence-electron chi connectivity index (χ1n) is 10.0. The van der Waals surface area contributed by atoms with Crippen molar-refractivity contribution >= 4 is 22.5 Å². The molecule has 1 unspecified atom stereocenters. The van der Waals surface area contributed by atoms with Crippen LogP contribution in [0.15, 0.2) is 72.4 Å². The first kappa shape index (κ1) is 20.3. The zero-order valence-electron chi connectivity index (χ0n) is 17.8. The van der Waals surface area contributed by atoms with Gasteiger partial charge in [-0.1, -0.05) is 36.9 Å². The zero-order chi connectivity index (χ0) is 22.0. The Hall–Kier alpha value is -4.00. The van der Waals surface area contributed by atoms with E-state index in [4.69, 9.17) is 4.98 Å². The van der Waals surface area contributed by atoms with Crippen LogP contribution in [0, 0.1) is 13.8 Å². The first-order valence-corrected chi connectivity index (χ1v) is 10.0. The molecule has 4 aromatic rings. The van der Waals surface area contributed by atoms with E-state index in [0.717, 1.165) is 16.8 Å². The largest absolute Gasteiger partial charge is 0.360 e. The molecule has 0 radical (unpaired) electrons. The fourth-order valence-electron chi connectivity index (χ4n) is 3.64. The maximum atomic E-state index is 13.6. The van der Waals surface area contributed by atoms with E-state index in [1.54, 1.807) is 10.8 Å². The van der Waals surface area contributed by atoms with Gasteiger partial charge in [-0.2, -0.15) is 0 Å². The van der Waals surface area contributed by atoms with Crippen LogP contribution in [0.2, 0.25) is 0 Å².